The molecule has 1 aliphatic rings. The molecule has 1 aliphatic carbocycles. The molecule has 0 bridgehead atoms. The van der Waals surface area contributed by atoms with Gasteiger partial charge in [-0.1, -0.05) is 11.6 Å². The summed E-state index contributed by atoms with van der Waals surface area (Å²) in [4.78, 5) is 10.2. The van der Waals surface area contributed by atoms with Crippen LogP contribution in [0.1, 0.15) is 32.1 Å². The zero-order chi connectivity index (χ0) is 9.52. The zero-order valence-corrected chi connectivity index (χ0v) is 7.88. The van der Waals surface area contributed by atoms with E-state index < -0.39 is 5.97 Å². The lowest BCUT2D eigenvalue weighted by Crippen LogP contribution is -2.19. The van der Waals surface area contributed by atoms with Crippen LogP contribution in [0.2, 0.25) is 0 Å². The predicted octanol–water partition coefficient (Wildman–Crippen LogP) is 1.55. The molecule has 0 aliphatic heterocycles. The van der Waals surface area contributed by atoms with Crippen LogP contribution in [-0.2, 0) is 4.79 Å². The fraction of sp³-hybridized carbons (Fsp3) is 0.700. The van der Waals surface area contributed by atoms with Gasteiger partial charge in [-0.25, -0.2) is 0 Å². The van der Waals surface area contributed by atoms with E-state index in [1.165, 1.54) is 24.8 Å². The van der Waals surface area contributed by atoms with Gasteiger partial charge in [0.2, 0.25) is 0 Å². The molecule has 0 radical (unpaired) electrons. The first-order chi connectivity index (χ1) is 6.29. The third-order valence-corrected chi connectivity index (χ3v) is 2.27. The summed E-state index contributed by atoms with van der Waals surface area (Å²) in [5.74, 6) is -0.729. The van der Waals surface area contributed by atoms with Crippen LogP contribution in [0.3, 0.4) is 0 Å². The van der Waals surface area contributed by atoms with Gasteiger partial charge in [-0.15, -0.1) is 0 Å². The Morgan fingerprint density at radius 1 is 1.54 bits per heavy atom. The number of allylic oxidation sites excluding steroid dienone is 1. The van der Waals surface area contributed by atoms with Gasteiger partial charge in [0.1, 0.15) is 0 Å². The molecule has 0 spiro atoms. The Kier molecular flexibility index (Phi) is 4.54. The number of carbonyl (C=O) groups is 1. The van der Waals surface area contributed by atoms with Gasteiger partial charge in [0.05, 0.1) is 6.42 Å². The molecule has 2 N–H and O–H groups in total. The molecule has 0 aromatic carbocycles. The van der Waals surface area contributed by atoms with E-state index in [0.29, 0.717) is 6.54 Å². The van der Waals surface area contributed by atoms with Crippen molar-refractivity contribution in [3.05, 3.63) is 11.6 Å². The Balaban J connectivity index is 1.92. The standard InChI is InChI=1S/C10H17NO2/c12-10(13)6-8-11-7-5-9-3-1-2-4-9/h3,11H,1-2,4-8H2,(H,12,13). The number of rotatable bonds is 6. The molecule has 74 valence electrons. The number of aliphatic carboxylic acids is 1. The van der Waals surface area contributed by atoms with Crippen LogP contribution in [0.15, 0.2) is 11.6 Å². The lowest BCUT2D eigenvalue weighted by Gasteiger charge is -2.03. The first-order valence-electron chi connectivity index (χ1n) is 4.89. The highest BCUT2D eigenvalue weighted by atomic mass is 16.4. The van der Waals surface area contributed by atoms with Crippen molar-refractivity contribution in [2.45, 2.75) is 32.1 Å². The first kappa shape index (κ1) is 10.3. The van der Waals surface area contributed by atoms with Gasteiger partial charge in [-0.3, -0.25) is 4.79 Å². The van der Waals surface area contributed by atoms with Gasteiger partial charge in [-0.05, 0) is 32.2 Å². The van der Waals surface area contributed by atoms with Crippen molar-refractivity contribution < 1.29 is 9.90 Å². The maximum atomic E-state index is 10.2. The average Bonchev–Trinajstić information content (AvgIpc) is 2.55. The van der Waals surface area contributed by atoms with Gasteiger partial charge in [0, 0.05) is 6.54 Å². The Bertz CT molecular complexity index is 199. The maximum Gasteiger partial charge on any atom is 0.304 e. The highest BCUT2D eigenvalue weighted by Gasteiger charge is 2.03. The molecule has 0 aromatic heterocycles. The lowest BCUT2D eigenvalue weighted by atomic mass is 10.2. The quantitative estimate of drug-likeness (QED) is 0.485. The van der Waals surface area contributed by atoms with Gasteiger partial charge in [-0.2, -0.15) is 0 Å². The van der Waals surface area contributed by atoms with E-state index >= 15 is 0 Å². The van der Waals surface area contributed by atoms with Crippen molar-refractivity contribution in [3.8, 4) is 0 Å². The van der Waals surface area contributed by atoms with E-state index in [-0.39, 0.29) is 6.42 Å². The molecular formula is C10H17NO2. The summed E-state index contributed by atoms with van der Waals surface area (Å²) in [7, 11) is 0. The number of hydrogen-bond acceptors (Lipinski definition) is 2. The summed E-state index contributed by atoms with van der Waals surface area (Å²) in [5, 5.41) is 11.5. The summed E-state index contributed by atoms with van der Waals surface area (Å²) in [5.41, 5.74) is 1.53. The molecule has 0 saturated heterocycles. The minimum atomic E-state index is -0.729. The third-order valence-electron chi connectivity index (χ3n) is 2.27. The van der Waals surface area contributed by atoms with Crippen LogP contribution in [0, 0.1) is 0 Å². The largest absolute Gasteiger partial charge is 0.481 e. The SMILES string of the molecule is O=C(O)CCNCCC1=CCCC1. The van der Waals surface area contributed by atoms with Gasteiger partial charge < -0.3 is 10.4 Å². The molecule has 0 atom stereocenters. The van der Waals surface area contributed by atoms with Gasteiger partial charge >= 0.3 is 5.97 Å². The molecule has 0 heterocycles. The second kappa shape index (κ2) is 5.75. The van der Waals surface area contributed by atoms with Crippen molar-refractivity contribution >= 4 is 5.97 Å². The zero-order valence-electron chi connectivity index (χ0n) is 7.88. The fourth-order valence-corrected chi connectivity index (χ4v) is 1.53. The summed E-state index contributed by atoms with van der Waals surface area (Å²) in [6.45, 7) is 1.50. The van der Waals surface area contributed by atoms with E-state index in [2.05, 4.69) is 11.4 Å². The summed E-state index contributed by atoms with van der Waals surface area (Å²) >= 11 is 0. The monoisotopic (exact) mass is 183 g/mol. The van der Waals surface area contributed by atoms with Crippen molar-refractivity contribution in [2.24, 2.45) is 0 Å². The van der Waals surface area contributed by atoms with E-state index in [0.717, 1.165) is 13.0 Å². The fourth-order valence-electron chi connectivity index (χ4n) is 1.53. The molecule has 0 unspecified atom stereocenters. The summed E-state index contributed by atoms with van der Waals surface area (Å²) in [6.07, 6.45) is 7.37. The molecule has 3 heteroatoms. The molecule has 0 amide bonds. The third kappa shape index (κ3) is 4.68. The highest BCUT2D eigenvalue weighted by Crippen LogP contribution is 2.19. The van der Waals surface area contributed by atoms with Crippen molar-refractivity contribution in [1.82, 2.24) is 5.32 Å². The summed E-state index contributed by atoms with van der Waals surface area (Å²) < 4.78 is 0. The number of hydrogen-bond donors (Lipinski definition) is 2. The summed E-state index contributed by atoms with van der Waals surface area (Å²) in [6, 6.07) is 0. The second-order valence-corrected chi connectivity index (χ2v) is 3.40. The molecule has 0 fully saturated rings. The van der Waals surface area contributed by atoms with E-state index in [9.17, 15) is 4.79 Å². The predicted molar refractivity (Wildman–Crippen MR) is 51.7 cm³/mol. The average molecular weight is 183 g/mol. The second-order valence-electron chi connectivity index (χ2n) is 3.40. The minimum absolute atomic E-state index is 0.221. The highest BCUT2D eigenvalue weighted by molar-refractivity contribution is 5.66. The molecule has 0 saturated carbocycles. The van der Waals surface area contributed by atoms with Crippen molar-refractivity contribution in [1.29, 1.82) is 0 Å². The van der Waals surface area contributed by atoms with Crippen LogP contribution in [0.25, 0.3) is 0 Å². The molecule has 3 nitrogen and oxygen atoms in total. The van der Waals surface area contributed by atoms with Crippen molar-refractivity contribution in [3.63, 3.8) is 0 Å². The number of carboxylic acids is 1. The number of carboxylic acid groups (broad SMARTS) is 1. The minimum Gasteiger partial charge on any atom is -0.481 e. The van der Waals surface area contributed by atoms with Crippen LogP contribution in [0.5, 0.6) is 0 Å². The Morgan fingerprint density at radius 2 is 2.38 bits per heavy atom. The Labute approximate surface area is 78.8 Å². The topological polar surface area (TPSA) is 49.3 Å². The smallest absolute Gasteiger partial charge is 0.304 e. The lowest BCUT2D eigenvalue weighted by molar-refractivity contribution is -0.136. The van der Waals surface area contributed by atoms with E-state index in [1.54, 1.807) is 0 Å². The van der Waals surface area contributed by atoms with Gasteiger partial charge in [0.25, 0.3) is 0 Å². The van der Waals surface area contributed by atoms with Crippen LogP contribution < -0.4 is 5.32 Å². The maximum absolute atomic E-state index is 10.2. The molecule has 1 rings (SSSR count). The normalized spacial score (nSPS) is 15.8. The molecule has 13 heavy (non-hydrogen) atoms. The van der Waals surface area contributed by atoms with Gasteiger partial charge in [0.15, 0.2) is 0 Å². The van der Waals surface area contributed by atoms with Crippen LogP contribution >= 0.6 is 0 Å². The van der Waals surface area contributed by atoms with E-state index in [4.69, 9.17) is 5.11 Å². The van der Waals surface area contributed by atoms with E-state index in [1.807, 2.05) is 0 Å². The first-order valence-corrected chi connectivity index (χ1v) is 4.89. The Morgan fingerprint density at radius 3 is 3.00 bits per heavy atom. The number of nitrogens with one attached hydrogen (secondary N) is 1. The van der Waals surface area contributed by atoms with Crippen LogP contribution in [-0.4, -0.2) is 24.2 Å². The molecular weight excluding hydrogens is 166 g/mol. The Hall–Kier alpha value is -0.830. The van der Waals surface area contributed by atoms with Crippen LogP contribution in [0.4, 0.5) is 0 Å². The van der Waals surface area contributed by atoms with Crippen molar-refractivity contribution in [2.75, 3.05) is 13.1 Å². The molecule has 0 aromatic rings.